The van der Waals surface area contributed by atoms with Gasteiger partial charge in [-0.1, -0.05) is 0 Å². The third-order valence-electron chi connectivity index (χ3n) is 2.76. The molecule has 6 heteroatoms. The largest absolute Gasteiger partial charge is 0.468 e. The number of hydrogen-bond donors (Lipinski definition) is 1. The number of nitrogens with one attached hydrogen (secondary N) is 1. The van der Waals surface area contributed by atoms with Crippen molar-refractivity contribution in [3.8, 4) is 0 Å². The van der Waals surface area contributed by atoms with Crippen LogP contribution >= 0.6 is 0 Å². The Kier molecular flexibility index (Phi) is 3.97. The van der Waals surface area contributed by atoms with Crippen molar-refractivity contribution in [1.29, 1.82) is 0 Å². The van der Waals surface area contributed by atoms with Gasteiger partial charge in [-0.05, 0) is 26.0 Å². The maximum absolute atomic E-state index is 12.1. The Labute approximate surface area is 104 Å². The number of hydrogen-bond acceptors (Lipinski definition) is 3. The van der Waals surface area contributed by atoms with E-state index in [1.54, 1.807) is 6.26 Å². The fraction of sp³-hybridized carbons (Fsp3) is 0.667. The van der Waals surface area contributed by atoms with Crippen LogP contribution in [0.3, 0.4) is 0 Å². The third-order valence-corrected chi connectivity index (χ3v) is 2.76. The van der Waals surface area contributed by atoms with Crippen molar-refractivity contribution >= 4 is 0 Å². The van der Waals surface area contributed by atoms with E-state index >= 15 is 0 Å². The summed E-state index contributed by atoms with van der Waals surface area (Å²) in [6.45, 7) is -0.0382. The topological polar surface area (TPSA) is 28.4 Å². The van der Waals surface area contributed by atoms with Crippen molar-refractivity contribution < 1.29 is 17.6 Å². The van der Waals surface area contributed by atoms with Gasteiger partial charge < -0.3 is 9.73 Å². The average Bonchev–Trinajstić information content (AvgIpc) is 2.94. The second-order valence-electron chi connectivity index (χ2n) is 4.86. The third kappa shape index (κ3) is 4.70. The molecule has 1 fully saturated rings. The molecule has 1 aromatic rings. The summed E-state index contributed by atoms with van der Waals surface area (Å²) < 4.78 is 41.7. The Morgan fingerprint density at radius 1 is 1.44 bits per heavy atom. The molecule has 1 heterocycles. The molecule has 3 nitrogen and oxygen atoms in total. The summed E-state index contributed by atoms with van der Waals surface area (Å²) in [5.74, 6) is 0.564. The fourth-order valence-electron chi connectivity index (χ4n) is 1.78. The van der Waals surface area contributed by atoms with E-state index in [0.717, 1.165) is 12.1 Å². The van der Waals surface area contributed by atoms with Gasteiger partial charge in [-0.25, -0.2) is 0 Å². The summed E-state index contributed by atoms with van der Waals surface area (Å²) in [6.07, 6.45) is -0.151. The van der Waals surface area contributed by atoms with Gasteiger partial charge >= 0.3 is 6.18 Å². The van der Waals surface area contributed by atoms with Crippen LogP contribution in [0.2, 0.25) is 0 Å². The summed E-state index contributed by atoms with van der Waals surface area (Å²) >= 11 is 0. The maximum atomic E-state index is 12.1. The lowest BCUT2D eigenvalue weighted by Gasteiger charge is -2.16. The number of nitrogens with zero attached hydrogens (tertiary/aromatic N) is 1. The highest BCUT2D eigenvalue weighted by Gasteiger charge is 2.29. The Morgan fingerprint density at radius 2 is 2.17 bits per heavy atom. The fourth-order valence-corrected chi connectivity index (χ4v) is 1.78. The molecular formula is C12H17F3N2O. The molecule has 0 saturated heterocycles. The van der Waals surface area contributed by atoms with E-state index < -0.39 is 12.7 Å². The summed E-state index contributed by atoms with van der Waals surface area (Å²) in [4.78, 5) is 1.19. The lowest BCUT2D eigenvalue weighted by Crippen LogP contribution is -2.30. The molecule has 102 valence electrons. The highest BCUT2D eigenvalue weighted by molar-refractivity contribution is 5.13. The van der Waals surface area contributed by atoms with Crippen LogP contribution in [-0.4, -0.2) is 30.7 Å². The van der Waals surface area contributed by atoms with Crippen molar-refractivity contribution in [2.45, 2.75) is 38.1 Å². The van der Waals surface area contributed by atoms with Crippen LogP contribution in [0.15, 0.2) is 16.7 Å². The van der Waals surface area contributed by atoms with E-state index in [0.29, 0.717) is 11.8 Å². The van der Waals surface area contributed by atoms with Crippen molar-refractivity contribution in [2.75, 3.05) is 13.6 Å². The molecule has 18 heavy (non-hydrogen) atoms. The predicted molar refractivity (Wildman–Crippen MR) is 61.0 cm³/mol. The van der Waals surface area contributed by atoms with Gasteiger partial charge in [0.25, 0.3) is 0 Å². The molecule has 1 aromatic heterocycles. The van der Waals surface area contributed by atoms with Gasteiger partial charge in [0, 0.05) is 18.2 Å². The number of furan rings is 1. The molecule has 0 radical (unpaired) electrons. The van der Waals surface area contributed by atoms with Crippen LogP contribution in [0, 0.1) is 0 Å². The normalized spacial score (nSPS) is 16.5. The van der Waals surface area contributed by atoms with E-state index in [2.05, 4.69) is 5.32 Å². The van der Waals surface area contributed by atoms with Crippen molar-refractivity contribution in [3.05, 3.63) is 23.7 Å². The first-order valence-electron chi connectivity index (χ1n) is 5.97. The van der Waals surface area contributed by atoms with Gasteiger partial charge in [-0.15, -0.1) is 0 Å². The smallest absolute Gasteiger partial charge is 0.401 e. The Morgan fingerprint density at radius 3 is 2.78 bits per heavy atom. The molecule has 0 aromatic carbocycles. The van der Waals surface area contributed by atoms with E-state index in [4.69, 9.17) is 4.42 Å². The Bertz CT molecular complexity index is 385. The van der Waals surface area contributed by atoms with E-state index in [9.17, 15) is 13.2 Å². The first-order chi connectivity index (χ1) is 8.42. The highest BCUT2D eigenvalue weighted by Crippen LogP contribution is 2.20. The first kappa shape index (κ1) is 13.4. The van der Waals surface area contributed by atoms with Crippen molar-refractivity contribution in [1.82, 2.24) is 10.2 Å². The molecule has 0 spiro atoms. The van der Waals surface area contributed by atoms with Crippen LogP contribution in [0.5, 0.6) is 0 Å². The number of alkyl halides is 3. The monoisotopic (exact) mass is 262 g/mol. The zero-order chi connectivity index (χ0) is 13.2. The highest BCUT2D eigenvalue weighted by atomic mass is 19.4. The molecule has 1 saturated carbocycles. The molecule has 0 atom stereocenters. The molecule has 1 N–H and O–H groups in total. The zero-order valence-electron chi connectivity index (χ0n) is 10.3. The molecule has 0 unspecified atom stereocenters. The van der Waals surface area contributed by atoms with Gasteiger partial charge in [0.2, 0.25) is 0 Å². The van der Waals surface area contributed by atoms with Gasteiger partial charge in [0.1, 0.15) is 5.76 Å². The quantitative estimate of drug-likeness (QED) is 0.854. The average molecular weight is 262 g/mol. The van der Waals surface area contributed by atoms with Gasteiger partial charge in [0.05, 0.1) is 19.4 Å². The lowest BCUT2D eigenvalue weighted by molar-refractivity contribution is -0.144. The first-order valence-corrected chi connectivity index (χ1v) is 5.97. The van der Waals surface area contributed by atoms with E-state index in [-0.39, 0.29) is 6.54 Å². The molecule has 0 bridgehead atoms. The molecule has 1 aliphatic carbocycles. The second-order valence-corrected chi connectivity index (χ2v) is 4.86. The number of halogens is 3. The van der Waals surface area contributed by atoms with Crippen LogP contribution in [0.1, 0.15) is 24.2 Å². The molecular weight excluding hydrogens is 245 g/mol. The Balaban J connectivity index is 1.77. The van der Waals surface area contributed by atoms with Crippen molar-refractivity contribution in [2.24, 2.45) is 0 Å². The maximum Gasteiger partial charge on any atom is 0.401 e. The predicted octanol–water partition coefficient (Wildman–Crippen LogP) is 2.53. The van der Waals surface area contributed by atoms with Crippen LogP contribution < -0.4 is 5.32 Å². The number of rotatable bonds is 6. The molecule has 1 aliphatic rings. The van der Waals surface area contributed by atoms with Gasteiger partial charge in [-0.3, -0.25) is 4.90 Å². The minimum Gasteiger partial charge on any atom is -0.468 e. The van der Waals surface area contributed by atoms with E-state index in [1.807, 2.05) is 6.07 Å². The zero-order valence-corrected chi connectivity index (χ0v) is 10.3. The summed E-state index contributed by atoms with van der Waals surface area (Å²) in [5, 5.41) is 3.32. The van der Waals surface area contributed by atoms with Gasteiger partial charge in [0.15, 0.2) is 0 Å². The summed E-state index contributed by atoms with van der Waals surface area (Å²) in [6, 6.07) is 2.42. The minimum atomic E-state index is -4.17. The standard InChI is InChI=1S/C12H17F3N2O/c1-17(8-12(13,14)15)6-11-4-9(7-18-11)5-16-10-2-3-10/h4,7,10,16H,2-3,5-6,8H2,1H3. The van der Waals surface area contributed by atoms with Gasteiger partial charge in [-0.2, -0.15) is 13.2 Å². The summed E-state index contributed by atoms with van der Waals surface area (Å²) in [5.41, 5.74) is 0.984. The van der Waals surface area contributed by atoms with Crippen LogP contribution in [0.4, 0.5) is 13.2 Å². The van der Waals surface area contributed by atoms with Crippen LogP contribution in [0.25, 0.3) is 0 Å². The van der Waals surface area contributed by atoms with E-state index in [1.165, 1.54) is 24.8 Å². The minimum absolute atomic E-state index is 0.170. The summed E-state index contributed by atoms with van der Waals surface area (Å²) in [7, 11) is 1.43. The molecule has 2 rings (SSSR count). The molecule has 0 amide bonds. The second kappa shape index (κ2) is 5.32. The Hall–Kier alpha value is -1.01. The lowest BCUT2D eigenvalue weighted by atomic mass is 10.3. The molecule has 0 aliphatic heterocycles. The van der Waals surface area contributed by atoms with Crippen LogP contribution in [-0.2, 0) is 13.1 Å². The SMILES string of the molecule is CN(Cc1cc(CNC2CC2)co1)CC(F)(F)F. The van der Waals surface area contributed by atoms with Crippen molar-refractivity contribution in [3.63, 3.8) is 0 Å².